The summed E-state index contributed by atoms with van der Waals surface area (Å²) >= 11 is 1.40. The summed E-state index contributed by atoms with van der Waals surface area (Å²) in [6, 6.07) is 13.9. The Hall–Kier alpha value is -2.53. The summed E-state index contributed by atoms with van der Waals surface area (Å²) in [5.74, 6) is -0.00671. The molecule has 1 amide bonds. The van der Waals surface area contributed by atoms with E-state index in [2.05, 4.69) is 41.2 Å². The van der Waals surface area contributed by atoms with Crippen molar-refractivity contribution in [2.75, 3.05) is 7.05 Å². The minimum atomic E-state index is -0.00671. The maximum absolute atomic E-state index is 12.8. The summed E-state index contributed by atoms with van der Waals surface area (Å²) in [5.41, 5.74) is 3.88. The van der Waals surface area contributed by atoms with Crippen LogP contribution in [-0.4, -0.2) is 27.8 Å². The molecule has 0 N–H and O–H groups in total. The lowest BCUT2D eigenvalue weighted by Gasteiger charge is -2.16. The second kappa shape index (κ2) is 6.93. The molecule has 0 saturated carbocycles. The van der Waals surface area contributed by atoms with Gasteiger partial charge in [-0.3, -0.25) is 9.78 Å². The Morgan fingerprint density at radius 3 is 2.54 bits per heavy atom. The van der Waals surface area contributed by atoms with Crippen molar-refractivity contribution in [2.45, 2.75) is 20.4 Å². The fraction of sp³-hybridized carbons (Fsp3) is 0.211. The van der Waals surface area contributed by atoms with Gasteiger partial charge in [-0.2, -0.15) is 0 Å². The van der Waals surface area contributed by atoms with E-state index in [9.17, 15) is 4.79 Å². The molecule has 2 aromatic heterocycles. The molecule has 0 fully saturated rings. The number of benzene rings is 1. The molecule has 0 aliphatic heterocycles. The van der Waals surface area contributed by atoms with Crippen molar-refractivity contribution in [1.82, 2.24) is 14.9 Å². The lowest BCUT2D eigenvalue weighted by molar-refractivity contribution is 0.0789. The molecule has 2 heterocycles. The Morgan fingerprint density at radius 2 is 1.88 bits per heavy atom. The largest absolute Gasteiger partial charge is 0.337 e. The molecule has 1 aromatic carbocycles. The summed E-state index contributed by atoms with van der Waals surface area (Å²) in [6.45, 7) is 4.50. The minimum Gasteiger partial charge on any atom is -0.337 e. The minimum absolute atomic E-state index is 0.00671. The lowest BCUT2D eigenvalue weighted by atomic mass is 10.1. The number of pyridine rings is 1. The van der Waals surface area contributed by atoms with E-state index < -0.39 is 0 Å². The molecule has 0 saturated heterocycles. The Balaban J connectivity index is 1.79. The van der Waals surface area contributed by atoms with Crippen molar-refractivity contribution in [3.05, 3.63) is 70.4 Å². The molecule has 5 heteroatoms. The van der Waals surface area contributed by atoms with E-state index in [-0.39, 0.29) is 5.91 Å². The van der Waals surface area contributed by atoms with Crippen molar-refractivity contribution >= 4 is 17.2 Å². The van der Waals surface area contributed by atoms with Gasteiger partial charge in [0.2, 0.25) is 0 Å². The third kappa shape index (κ3) is 3.51. The average Bonchev–Trinajstić information content (AvgIpc) is 2.99. The smallest absolute Gasteiger partial charge is 0.265 e. The van der Waals surface area contributed by atoms with Crippen molar-refractivity contribution in [1.29, 1.82) is 0 Å². The highest BCUT2D eigenvalue weighted by Gasteiger charge is 2.20. The fourth-order valence-electron chi connectivity index (χ4n) is 2.41. The normalized spacial score (nSPS) is 10.6. The monoisotopic (exact) mass is 337 g/mol. The first-order valence-electron chi connectivity index (χ1n) is 7.74. The number of carbonyl (C=O) groups excluding carboxylic acids is 1. The number of rotatable bonds is 4. The number of hydrogen-bond donors (Lipinski definition) is 0. The Labute approximate surface area is 145 Å². The van der Waals surface area contributed by atoms with Crippen LogP contribution in [0.1, 0.15) is 26.5 Å². The van der Waals surface area contributed by atoms with Gasteiger partial charge in [0, 0.05) is 19.8 Å². The van der Waals surface area contributed by atoms with Crippen LogP contribution in [0.4, 0.5) is 0 Å². The van der Waals surface area contributed by atoms with Gasteiger partial charge in [-0.25, -0.2) is 4.98 Å². The Bertz CT molecular complexity index is 841. The van der Waals surface area contributed by atoms with Crippen LogP contribution in [0, 0.1) is 13.8 Å². The summed E-state index contributed by atoms with van der Waals surface area (Å²) < 4.78 is 0. The van der Waals surface area contributed by atoms with Gasteiger partial charge < -0.3 is 4.90 Å². The molecule has 0 aliphatic carbocycles. The summed E-state index contributed by atoms with van der Waals surface area (Å²) in [4.78, 5) is 24.0. The van der Waals surface area contributed by atoms with Gasteiger partial charge in [-0.05, 0) is 31.5 Å². The molecule has 0 bridgehead atoms. The van der Waals surface area contributed by atoms with E-state index >= 15 is 0 Å². The van der Waals surface area contributed by atoms with Gasteiger partial charge in [-0.15, -0.1) is 11.3 Å². The van der Waals surface area contributed by atoms with Gasteiger partial charge in [0.05, 0.1) is 11.4 Å². The van der Waals surface area contributed by atoms with E-state index in [1.807, 2.05) is 32.2 Å². The molecule has 0 atom stereocenters. The molecule has 0 aliphatic rings. The van der Waals surface area contributed by atoms with Crippen LogP contribution < -0.4 is 0 Å². The number of carbonyl (C=O) groups is 1. The van der Waals surface area contributed by atoms with E-state index in [0.29, 0.717) is 11.4 Å². The van der Waals surface area contributed by atoms with Crippen LogP contribution in [0.5, 0.6) is 0 Å². The summed E-state index contributed by atoms with van der Waals surface area (Å²) in [5, 5.41) is 0.778. The van der Waals surface area contributed by atoms with E-state index in [0.717, 1.165) is 22.0 Å². The molecular formula is C19H19N3OS. The Kier molecular flexibility index (Phi) is 4.71. The zero-order valence-electron chi connectivity index (χ0n) is 14.0. The molecular weight excluding hydrogens is 318 g/mol. The van der Waals surface area contributed by atoms with Crippen LogP contribution in [-0.2, 0) is 6.54 Å². The molecule has 0 radical (unpaired) electrons. The maximum atomic E-state index is 12.8. The van der Waals surface area contributed by atoms with Crippen molar-refractivity contribution < 1.29 is 4.79 Å². The first-order valence-corrected chi connectivity index (χ1v) is 8.56. The van der Waals surface area contributed by atoms with Crippen molar-refractivity contribution in [3.8, 4) is 10.7 Å². The molecule has 3 rings (SSSR count). The first kappa shape index (κ1) is 16.3. The number of nitrogens with zero attached hydrogens (tertiary/aromatic N) is 3. The number of thiazole rings is 1. The van der Waals surface area contributed by atoms with Crippen LogP contribution >= 0.6 is 11.3 Å². The van der Waals surface area contributed by atoms with Gasteiger partial charge in [0.1, 0.15) is 9.88 Å². The SMILES string of the molecule is Cc1ccc(CN(C)C(=O)c2sc(-c3ccccn3)nc2C)cc1. The van der Waals surface area contributed by atoms with E-state index in [1.165, 1.54) is 16.9 Å². The summed E-state index contributed by atoms with van der Waals surface area (Å²) in [6.07, 6.45) is 1.73. The highest BCUT2D eigenvalue weighted by molar-refractivity contribution is 7.17. The van der Waals surface area contributed by atoms with Gasteiger partial charge in [0.15, 0.2) is 0 Å². The topological polar surface area (TPSA) is 46.1 Å². The quantitative estimate of drug-likeness (QED) is 0.720. The fourth-order valence-corrected chi connectivity index (χ4v) is 3.44. The number of aryl methyl sites for hydroxylation is 2. The molecule has 3 aromatic rings. The van der Waals surface area contributed by atoms with Crippen molar-refractivity contribution in [3.63, 3.8) is 0 Å². The predicted molar refractivity (Wildman–Crippen MR) is 97.1 cm³/mol. The number of hydrogen-bond acceptors (Lipinski definition) is 4. The standard InChI is InChI=1S/C19H19N3OS/c1-13-7-9-15(10-8-13)12-22(3)19(23)17-14(2)21-18(24-17)16-6-4-5-11-20-16/h4-11H,12H2,1-3H3. The van der Waals surface area contributed by atoms with Gasteiger partial charge in [0.25, 0.3) is 5.91 Å². The molecule has 0 spiro atoms. The zero-order chi connectivity index (χ0) is 17.1. The second-order valence-electron chi connectivity index (χ2n) is 5.80. The second-order valence-corrected chi connectivity index (χ2v) is 6.79. The van der Waals surface area contributed by atoms with E-state index in [4.69, 9.17) is 0 Å². The third-order valence-corrected chi connectivity index (χ3v) is 4.93. The van der Waals surface area contributed by atoms with Crippen LogP contribution in [0.25, 0.3) is 10.7 Å². The van der Waals surface area contributed by atoms with Crippen LogP contribution in [0.2, 0.25) is 0 Å². The predicted octanol–water partition coefficient (Wildman–Crippen LogP) is 4.09. The highest BCUT2D eigenvalue weighted by atomic mass is 32.1. The van der Waals surface area contributed by atoms with Crippen LogP contribution in [0.3, 0.4) is 0 Å². The summed E-state index contributed by atoms with van der Waals surface area (Å²) in [7, 11) is 1.82. The molecule has 24 heavy (non-hydrogen) atoms. The average molecular weight is 337 g/mol. The third-order valence-electron chi connectivity index (χ3n) is 3.76. The number of amides is 1. The zero-order valence-corrected chi connectivity index (χ0v) is 14.8. The Morgan fingerprint density at radius 1 is 1.12 bits per heavy atom. The number of aromatic nitrogens is 2. The van der Waals surface area contributed by atoms with Gasteiger partial charge in [-0.1, -0.05) is 35.9 Å². The maximum Gasteiger partial charge on any atom is 0.265 e. The molecule has 4 nitrogen and oxygen atoms in total. The highest BCUT2D eigenvalue weighted by Crippen LogP contribution is 2.27. The van der Waals surface area contributed by atoms with Crippen molar-refractivity contribution in [2.24, 2.45) is 0 Å². The molecule has 122 valence electrons. The lowest BCUT2D eigenvalue weighted by Crippen LogP contribution is -2.26. The first-order chi connectivity index (χ1) is 11.5. The van der Waals surface area contributed by atoms with Gasteiger partial charge >= 0.3 is 0 Å². The van der Waals surface area contributed by atoms with Crippen LogP contribution in [0.15, 0.2) is 48.7 Å². The van der Waals surface area contributed by atoms with E-state index in [1.54, 1.807) is 11.1 Å². The molecule has 0 unspecified atom stereocenters.